The van der Waals surface area contributed by atoms with Crippen molar-refractivity contribution < 1.29 is 4.79 Å². The number of carbonyl (C=O) groups excluding carboxylic acids is 1. The second-order valence-corrected chi connectivity index (χ2v) is 6.16. The van der Waals surface area contributed by atoms with Gasteiger partial charge in [-0.25, -0.2) is 0 Å². The number of likely N-dealkylation sites (N-methyl/N-ethyl adjacent to an activating group) is 1. The topological polar surface area (TPSA) is 23.6 Å². The minimum Gasteiger partial charge on any atom is -0.346 e. The predicted octanol–water partition coefficient (Wildman–Crippen LogP) is 2.77. The summed E-state index contributed by atoms with van der Waals surface area (Å²) < 4.78 is 0.659. The maximum Gasteiger partial charge on any atom is 0.267 e. The second-order valence-electron chi connectivity index (χ2n) is 4.48. The first kappa shape index (κ1) is 12.7. The van der Waals surface area contributed by atoms with Gasteiger partial charge in [-0.05, 0) is 25.0 Å². The molecule has 0 saturated carbocycles. The summed E-state index contributed by atoms with van der Waals surface area (Å²) in [6.45, 7) is 3.51. The second kappa shape index (κ2) is 4.98. The van der Waals surface area contributed by atoms with Crippen molar-refractivity contribution in [1.82, 2.24) is 4.90 Å². The van der Waals surface area contributed by atoms with Gasteiger partial charge in [0.05, 0.1) is 4.91 Å². The molecular weight excluding hydrogens is 276 g/mol. The van der Waals surface area contributed by atoms with Gasteiger partial charge in [0.15, 0.2) is 0 Å². The Hall–Kier alpha value is -1.33. The number of rotatable bonds is 2. The van der Waals surface area contributed by atoms with Crippen molar-refractivity contribution in [1.29, 1.82) is 0 Å². The van der Waals surface area contributed by atoms with Crippen LogP contribution in [0.4, 0.5) is 5.69 Å². The van der Waals surface area contributed by atoms with Crippen molar-refractivity contribution in [3.63, 3.8) is 0 Å². The molecule has 1 amide bonds. The summed E-state index contributed by atoms with van der Waals surface area (Å²) in [4.78, 5) is 16.7. The first-order chi connectivity index (χ1) is 9.20. The van der Waals surface area contributed by atoms with Gasteiger partial charge in [0.1, 0.15) is 4.32 Å². The van der Waals surface area contributed by atoms with Gasteiger partial charge >= 0.3 is 0 Å². The summed E-state index contributed by atoms with van der Waals surface area (Å²) in [7, 11) is 0. The average molecular weight is 290 g/mol. The van der Waals surface area contributed by atoms with Crippen LogP contribution in [0.25, 0.3) is 0 Å². The zero-order valence-electron chi connectivity index (χ0n) is 10.6. The van der Waals surface area contributed by atoms with E-state index in [2.05, 4.69) is 23.1 Å². The molecule has 5 heteroatoms. The molecule has 0 N–H and O–H groups in total. The molecule has 1 aromatic carbocycles. The van der Waals surface area contributed by atoms with Crippen LogP contribution in [0.5, 0.6) is 0 Å². The number of carbonyl (C=O) groups is 1. The van der Waals surface area contributed by atoms with Crippen molar-refractivity contribution in [2.75, 3.05) is 18.0 Å². The SMILES string of the molecule is CCN1C(=O)/C(=C\N2CCc3ccccc32)SC1=S. The van der Waals surface area contributed by atoms with Crippen LogP contribution in [-0.4, -0.2) is 28.2 Å². The molecule has 0 aliphatic carbocycles. The molecule has 3 nitrogen and oxygen atoms in total. The zero-order chi connectivity index (χ0) is 13.4. The van der Waals surface area contributed by atoms with Crippen LogP contribution in [-0.2, 0) is 11.2 Å². The Labute approximate surface area is 122 Å². The molecule has 2 aliphatic rings. The van der Waals surface area contributed by atoms with E-state index in [1.165, 1.54) is 23.0 Å². The number of nitrogens with zero attached hydrogens (tertiary/aromatic N) is 2. The Morgan fingerprint density at radius 3 is 2.95 bits per heavy atom. The highest BCUT2D eigenvalue weighted by Gasteiger charge is 2.32. The van der Waals surface area contributed by atoms with Gasteiger partial charge in [-0.3, -0.25) is 9.69 Å². The lowest BCUT2D eigenvalue weighted by atomic mass is 10.2. The molecule has 19 heavy (non-hydrogen) atoms. The number of thioether (sulfide) groups is 1. The first-order valence-corrected chi connectivity index (χ1v) is 7.53. The molecule has 0 radical (unpaired) electrons. The molecule has 0 spiro atoms. The van der Waals surface area contributed by atoms with Crippen molar-refractivity contribution in [2.24, 2.45) is 0 Å². The molecule has 1 aromatic rings. The Bertz CT molecular complexity index is 583. The highest BCUT2D eigenvalue weighted by atomic mass is 32.2. The summed E-state index contributed by atoms with van der Waals surface area (Å²) in [6, 6.07) is 8.32. The molecule has 3 rings (SSSR count). The van der Waals surface area contributed by atoms with Crippen LogP contribution in [0.15, 0.2) is 35.4 Å². The number of hydrogen-bond acceptors (Lipinski definition) is 4. The molecule has 2 aliphatic heterocycles. The van der Waals surface area contributed by atoms with Gasteiger partial charge in [-0.15, -0.1) is 0 Å². The third kappa shape index (κ3) is 2.17. The van der Waals surface area contributed by atoms with E-state index in [4.69, 9.17) is 12.2 Å². The number of hydrogen-bond donors (Lipinski definition) is 0. The number of benzene rings is 1. The lowest BCUT2D eigenvalue weighted by molar-refractivity contribution is -0.122. The number of anilines is 1. The smallest absolute Gasteiger partial charge is 0.267 e. The Kier molecular flexibility index (Phi) is 3.33. The van der Waals surface area contributed by atoms with Crippen LogP contribution in [0.3, 0.4) is 0 Å². The van der Waals surface area contributed by atoms with E-state index in [1.807, 2.05) is 19.2 Å². The Balaban J connectivity index is 1.88. The van der Waals surface area contributed by atoms with Gasteiger partial charge in [0.25, 0.3) is 5.91 Å². The highest BCUT2D eigenvalue weighted by Crippen LogP contribution is 2.34. The van der Waals surface area contributed by atoms with Crippen LogP contribution in [0.1, 0.15) is 12.5 Å². The van der Waals surface area contributed by atoms with Crippen LogP contribution in [0.2, 0.25) is 0 Å². The van der Waals surface area contributed by atoms with Gasteiger partial charge in [0, 0.05) is 25.0 Å². The molecule has 0 unspecified atom stereocenters. The zero-order valence-corrected chi connectivity index (χ0v) is 12.3. The molecule has 0 aromatic heterocycles. The fraction of sp³-hybridized carbons (Fsp3) is 0.286. The van der Waals surface area contributed by atoms with Crippen molar-refractivity contribution in [3.05, 3.63) is 40.9 Å². The fourth-order valence-corrected chi connectivity index (χ4v) is 3.77. The third-order valence-corrected chi connectivity index (χ3v) is 4.75. The van der Waals surface area contributed by atoms with E-state index in [9.17, 15) is 4.79 Å². The van der Waals surface area contributed by atoms with Gasteiger partial charge < -0.3 is 4.90 Å². The van der Waals surface area contributed by atoms with Crippen LogP contribution < -0.4 is 4.90 Å². The minimum atomic E-state index is 0.0295. The average Bonchev–Trinajstić information content (AvgIpc) is 2.93. The monoisotopic (exact) mass is 290 g/mol. The van der Waals surface area contributed by atoms with Gasteiger partial charge in [-0.1, -0.05) is 42.2 Å². The van der Waals surface area contributed by atoms with Crippen LogP contribution in [0, 0.1) is 0 Å². The van der Waals surface area contributed by atoms with Crippen molar-refractivity contribution in [2.45, 2.75) is 13.3 Å². The van der Waals surface area contributed by atoms with Crippen molar-refractivity contribution in [3.8, 4) is 0 Å². The lowest BCUT2D eigenvalue weighted by Gasteiger charge is -2.14. The lowest BCUT2D eigenvalue weighted by Crippen LogP contribution is -2.27. The molecule has 0 atom stereocenters. The maximum atomic E-state index is 12.2. The van der Waals surface area contributed by atoms with E-state index in [0.717, 1.165) is 17.9 Å². The molecule has 1 saturated heterocycles. The molecule has 1 fully saturated rings. The summed E-state index contributed by atoms with van der Waals surface area (Å²) >= 11 is 6.62. The number of fused-ring (bicyclic) bond motifs is 1. The largest absolute Gasteiger partial charge is 0.346 e. The van der Waals surface area contributed by atoms with Crippen LogP contribution >= 0.6 is 24.0 Å². The fourth-order valence-electron chi connectivity index (χ4n) is 2.40. The number of thiocarbonyl (C=S) groups is 1. The maximum absolute atomic E-state index is 12.2. The number of amides is 1. The normalized spacial score (nSPS) is 20.6. The highest BCUT2D eigenvalue weighted by molar-refractivity contribution is 8.26. The van der Waals surface area contributed by atoms with E-state index in [-0.39, 0.29) is 5.91 Å². The summed E-state index contributed by atoms with van der Waals surface area (Å²) in [6.07, 6.45) is 2.97. The first-order valence-electron chi connectivity index (χ1n) is 6.30. The summed E-state index contributed by atoms with van der Waals surface area (Å²) in [5.41, 5.74) is 2.54. The van der Waals surface area contributed by atoms with E-state index >= 15 is 0 Å². The minimum absolute atomic E-state index is 0.0295. The van der Waals surface area contributed by atoms with E-state index in [1.54, 1.807) is 4.90 Å². The van der Waals surface area contributed by atoms with Crippen molar-refractivity contribution >= 4 is 39.9 Å². The predicted molar refractivity (Wildman–Crippen MR) is 83.2 cm³/mol. The Morgan fingerprint density at radius 2 is 2.21 bits per heavy atom. The van der Waals surface area contributed by atoms with Gasteiger partial charge in [0.2, 0.25) is 0 Å². The van der Waals surface area contributed by atoms with E-state index < -0.39 is 0 Å². The quantitative estimate of drug-likeness (QED) is 0.617. The molecule has 0 bridgehead atoms. The number of para-hydroxylation sites is 1. The Morgan fingerprint density at radius 1 is 1.42 bits per heavy atom. The molecule has 2 heterocycles. The van der Waals surface area contributed by atoms with E-state index in [0.29, 0.717) is 10.9 Å². The summed E-state index contributed by atoms with van der Waals surface area (Å²) in [5, 5.41) is 0. The van der Waals surface area contributed by atoms with Gasteiger partial charge in [-0.2, -0.15) is 0 Å². The third-order valence-electron chi connectivity index (χ3n) is 3.39. The standard InChI is InChI=1S/C14H14N2OS2/c1-2-16-13(17)12(19-14(16)18)9-15-8-7-10-5-3-4-6-11(10)15/h3-6,9H,2,7-8H2,1H3/b12-9+. The molecule has 98 valence electrons. The molecular formula is C14H14N2OS2. The summed E-state index contributed by atoms with van der Waals surface area (Å²) in [5.74, 6) is 0.0295.